The third kappa shape index (κ3) is 2.46. The summed E-state index contributed by atoms with van der Waals surface area (Å²) in [6.07, 6.45) is 1.13. The van der Waals surface area contributed by atoms with Gasteiger partial charge in [-0.25, -0.2) is 0 Å². The van der Waals surface area contributed by atoms with Crippen LogP contribution in [0.15, 0.2) is 66.2 Å². The summed E-state index contributed by atoms with van der Waals surface area (Å²) in [5, 5.41) is 6.00. The fourth-order valence-electron chi connectivity index (χ4n) is 3.75. The van der Waals surface area contributed by atoms with Gasteiger partial charge < -0.3 is 4.57 Å². The van der Waals surface area contributed by atoms with E-state index in [1.165, 1.54) is 37.8 Å². The molecule has 4 aromatic rings. The first-order valence-electron chi connectivity index (χ1n) is 8.71. The summed E-state index contributed by atoms with van der Waals surface area (Å²) < 4.78 is 2.44. The molecule has 0 spiro atoms. The van der Waals surface area contributed by atoms with E-state index in [2.05, 4.69) is 84.6 Å². The molecule has 0 fully saturated rings. The van der Waals surface area contributed by atoms with Gasteiger partial charge in [-0.05, 0) is 41.1 Å². The van der Waals surface area contributed by atoms with Gasteiger partial charge in [-0.3, -0.25) is 0 Å². The maximum atomic E-state index is 4.04. The van der Waals surface area contributed by atoms with E-state index < -0.39 is 0 Å². The highest BCUT2D eigenvalue weighted by Crippen LogP contribution is 2.39. The number of nitrogens with zero attached hydrogens (tertiary/aromatic N) is 1. The fourth-order valence-corrected chi connectivity index (χ4v) is 4.74. The number of thiophene rings is 1. The second-order valence-corrected chi connectivity index (χ2v) is 7.22. The van der Waals surface area contributed by atoms with Gasteiger partial charge in [-0.2, -0.15) is 0 Å². The molecular formula is C23H21NS. The van der Waals surface area contributed by atoms with E-state index in [9.17, 15) is 0 Å². The Kier molecular flexibility index (Phi) is 4.09. The van der Waals surface area contributed by atoms with E-state index in [1.807, 2.05) is 11.3 Å². The summed E-state index contributed by atoms with van der Waals surface area (Å²) in [4.78, 5) is 1.35. The number of fused-ring (bicyclic) bond motifs is 2. The van der Waals surface area contributed by atoms with Crippen molar-refractivity contribution in [3.8, 4) is 0 Å². The summed E-state index contributed by atoms with van der Waals surface area (Å²) >= 11 is 1.82. The van der Waals surface area contributed by atoms with Gasteiger partial charge in [-0.15, -0.1) is 17.1 Å². The Morgan fingerprint density at radius 2 is 1.88 bits per heavy atom. The van der Waals surface area contributed by atoms with Crippen molar-refractivity contribution in [2.45, 2.75) is 26.8 Å². The van der Waals surface area contributed by atoms with Crippen LogP contribution in [0.1, 0.15) is 30.2 Å². The lowest BCUT2D eigenvalue weighted by atomic mass is 9.93. The standard InChI is InChI=1S/C23H21NS/c1-4-14-24-16(3)22(21-13-15-25-23(21)24)18(5-2)20-12-8-10-17-9-6-7-11-19(17)20/h6-13,15H,2,4,14H2,1,3H3. The molecule has 2 aromatic carbocycles. The lowest BCUT2D eigenvalue weighted by Gasteiger charge is -2.11. The second-order valence-electron chi connectivity index (χ2n) is 6.33. The SMILES string of the molecule is C=C=C(c1cccc2ccccc12)c1c(C)n(CCC)c2sccc12. The minimum Gasteiger partial charge on any atom is -0.336 e. The Morgan fingerprint density at radius 3 is 2.68 bits per heavy atom. The maximum absolute atomic E-state index is 4.04. The van der Waals surface area contributed by atoms with Crippen molar-refractivity contribution < 1.29 is 0 Å². The molecule has 0 saturated heterocycles. The molecule has 0 aliphatic carbocycles. The van der Waals surface area contributed by atoms with Crippen LogP contribution >= 0.6 is 11.3 Å². The van der Waals surface area contributed by atoms with E-state index in [0.717, 1.165) is 18.5 Å². The molecule has 2 aromatic heterocycles. The van der Waals surface area contributed by atoms with E-state index in [4.69, 9.17) is 0 Å². The summed E-state index contributed by atoms with van der Waals surface area (Å²) in [7, 11) is 0. The largest absolute Gasteiger partial charge is 0.336 e. The highest BCUT2D eigenvalue weighted by Gasteiger charge is 2.20. The lowest BCUT2D eigenvalue weighted by molar-refractivity contribution is 0.688. The zero-order valence-electron chi connectivity index (χ0n) is 14.7. The molecule has 2 heteroatoms. The minimum absolute atomic E-state index is 1.04. The first-order chi connectivity index (χ1) is 12.3. The molecule has 4 rings (SSSR count). The molecule has 0 atom stereocenters. The molecule has 2 heterocycles. The Morgan fingerprint density at radius 1 is 1.08 bits per heavy atom. The predicted molar refractivity (Wildman–Crippen MR) is 110 cm³/mol. The van der Waals surface area contributed by atoms with Crippen molar-refractivity contribution >= 4 is 37.9 Å². The fraction of sp³-hybridized carbons (Fsp3) is 0.174. The van der Waals surface area contributed by atoms with Gasteiger partial charge in [0.05, 0.1) is 0 Å². The topological polar surface area (TPSA) is 4.93 Å². The molecule has 0 bridgehead atoms. The average Bonchev–Trinajstić information content (AvgIpc) is 3.20. The molecule has 0 amide bonds. The van der Waals surface area contributed by atoms with E-state index in [0.29, 0.717) is 0 Å². The Bertz CT molecular complexity index is 1110. The Labute approximate surface area is 152 Å². The second kappa shape index (κ2) is 6.40. The van der Waals surface area contributed by atoms with Crippen molar-refractivity contribution in [3.05, 3.63) is 83.0 Å². The Hall–Kier alpha value is -2.54. The molecule has 1 nitrogen and oxygen atoms in total. The average molecular weight is 343 g/mol. The smallest absolute Gasteiger partial charge is 0.103 e. The van der Waals surface area contributed by atoms with Crippen LogP contribution < -0.4 is 0 Å². The van der Waals surface area contributed by atoms with Crippen LogP contribution in [0.2, 0.25) is 0 Å². The summed E-state index contributed by atoms with van der Waals surface area (Å²) in [5.41, 5.74) is 8.16. The Balaban J connectivity index is 2.03. The van der Waals surface area contributed by atoms with Crippen LogP contribution in [0, 0.1) is 6.92 Å². The number of benzene rings is 2. The van der Waals surface area contributed by atoms with Crippen LogP contribution in [0.3, 0.4) is 0 Å². The number of aromatic nitrogens is 1. The van der Waals surface area contributed by atoms with E-state index >= 15 is 0 Å². The number of rotatable bonds is 4. The van der Waals surface area contributed by atoms with Crippen molar-refractivity contribution in [1.29, 1.82) is 0 Å². The van der Waals surface area contributed by atoms with Crippen molar-refractivity contribution in [2.75, 3.05) is 0 Å². The van der Waals surface area contributed by atoms with Gasteiger partial charge in [0.2, 0.25) is 0 Å². The van der Waals surface area contributed by atoms with Crippen molar-refractivity contribution in [3.63, 3.8) is 0 Å². The predicted octanol–water partition coefficient (Wildman–Crippen LogP) is 6.79. The van der Waals surface area contributed by atoms with Gasteiger partial charge >= 0.3 is 0 Å². The highest BCUT2D eigenvalue weighted by molar-refractivity contribution is 7.16. The van der Waals surface area contributed by atoms with Crippen LogP contribution in [-0.4, -0.2) is 4.57 Å². The first-order valence-corrected chi connectivity index (χ1v) is 9.59. The zero-order valence-corrected chi connectivity index (χ0v) is 15.5. The lowest BCUT2D eigenvalue weighted by Crippen LogP contribution is -1.99. The molecule has 25 heavy (non-hydrogen) atoms. The van der Waals surface area contributed by atoms with Gasteiger partial charge in [0.15, 0.2) is 0 Å². The van der Waals surface area contributed by atoms with Gasteiger partial charge in [0.25, 0.3) is 0 Å². The summed E-state index contributed by atoms with van der Waals surface area (Å²) in [6, 6.07) is 17.2. The maximum Gasteiger partial charge on any atom is 0.103 e. The van der Waals surface area contributed by atoms with Crippen molar-refractivity contribution in [1.82, 2.24) is 4.57 Å². The van der Waals surface area contributed by atoms with E-state index in [-0.39, 0.29) is 0 Å². The van der Waals surface area contributed by atoms with Crippen LogP contribution in [0.25, 0.3) is 26.6 Å². The third-order valence-corrected chi connectivity index (χ3v) is 5.79. The molecule has 0 aliphatic heterocycles. The number of aryl methyl sites for hydroxylation is 1. The number of hydrogen-bond donors (Lipinski definition) is 0. The van der Waals surface area contributed by atoms with Crippen LogP contribution in [0.5, 0.6) is 0 Å². The summed E-state index contributed by atoms with van der Waals surface area (Å²) in [6.45, 7) is 9.54. The highest BCUT2D eigenvalue weighted by atomic mass is 32.1. The zero-order chi connectivity index (χ0) is 17.4. The molecule has 0 radical (unpaired) electrons. The van der Waals surface area contributed by atoms with Gasteiger partial charge in [-0.1, -0.05) is 56.0 Å². The molecule has 0 unspecified atom stereocenters. The quantitative estimate of drug-likeness (QED) is 0.359. The first kappa shape index (κ1) is 16.0. The summed E-state index contributed by atoms with van der Waals surface area (Å²) in [5.74, 6) is 0. The van der Waals surface area contributed by atoms with Gasteiger partial charge in [0.1, 0.15) is 4.83 Å². The van der Waals surface area contributed by atoms with E-state index in [1.54, 1.807) is 0 Å². The molecule has 0 aliphatic rings. The monoisotopic (exact) mass is 343 g/mol. The molecule has 124 valence electrons. The third-order valence-electron chi connectivity index (χ3n) is 4.86. The van der Waals surface area contributed by atoms with Gasteiger partial charge in [0, 0.05) is 28.8 Å². The van der Waals surface area contributed by atoms with Crippen LogP contribution in [0.4, 0.5) is 0 Å². The van der Waals surface area contributed by atoms with Crippen molar-refractivity contribution in [2.24, 2.45) is 0 Å². The molecular weight excluding hydrogens is 322 g/mol. The molecule has 0 saturated carbocycles. The normalized spacial score (nSPS) is 11.1. The molecule has 0 N–H and O–H groups in total. The number of hydrogen-bond acceptors (Lipinski definition) is 1. The van der Waals surface area contributed by atoms with Crippen LogP contribution in [-0.2, 0) is 6.54 Å². The minimum atomic E-state index is 1.04.